The summed E-state index contributed by atoms with van der Waals surface area (Å²) < 4.78 is 6.44. The van der Waals surface area contributed by atoms with Gasteiger partial charge >= 0.3 is 11.6 Å². The van der Waals surface area contributed by atoms with E-state index in [-0.39, 0.29) is 23.0 Å². The van der Waals surface area contributed by atoms with Crippen molar-refractivity contribution in [2.75, 3.05) is 0 Å². The van der Waals surface area contributed by atoms with Crippen molar-refractivity contribution in [1.82, 2.24) is 9.78 Å². The van der Waals surface area contributed by atoms with E-state index in [0.717, 1.165) is 15.8 Å². The number of hydrogen-bond acceptors (Lipinski definition) is 5. The highest BCUT2D eigenvalue weighted by molar-refractivity contribution is 6.01. The summed E-state index contributed by atoms with van der Waals surface area (Å²) >= 11 is 0. The molecule has 0 atom stereocenters. The molecule has 0 aliphatic heterocycles. The number of rotatable bonds is 3. The normalized spacial score (nSPS) is 11.2. The summed E-state index contributed by atoms with van der Waals surface area (Å²) in [5.41, 5.74) is 1.62. The maximum absolute atomic E-state index is 12.9. The highest BCUT2D eigenvalue weighted by Crippen LogP contribution is 2.24. The van der Waals surface area contributed by atoms with Crippen molar-refractivity contribution >= 4 is 27.7 Å². The van der Waals surface area contributed by atoms with Gasteiger partial charge in [-0.05, 0) is 36.6 Å². The van der Waals surface area contributed by atoms with E-state index >= 15 is 0 Å². The van der Waals surface area contributed by atoms with Crippen molar-refractivity contribution in [1.29, 1.82) is 0 Å². The molecule has 0 radical (unpaired) electrons. The molecule has 0 aliphatic carbocycles. The third-order valence-electron chi connectivity index (χ3n) is 4.91. The summed E-state index contributed by atoms with van der Waals surface area (Å²) in [7, 11) is 0. The molecule has 2 aromatic carbocycles. The van der Waals surface area contributed by atoms with Gasteiger partial charge in [0.1, 0.15) is 5.58 Å². The first-order valence-corrected chi connectivity index (χ1v) is 8.63. The number of carboxylic acids is 1. The molecule has 4 aromatic rings. The van der Waals surface area contributed by atoms with Crippen LogP contribution in [0.2, 0.25) is 0 Å². The number of benzene rings is 2. The van der Waals surface area contributed by atoms with Crippen LogP contribution >= 0.6 is 0 Å². The van der Waals surface area contributed by atoms with Crippen molar-refractivity contribution in [3.05, 3.63) is 85.6 Å². The Morgan fingerprint density at radius 2 is 1.79 bits per heavy atom. The highest BCUT2D eigenvalue weighted by Gasteiger charge is 2.17. The van der Waals surface area contributed by atoms with Gasteiger partial charge < -0.3 is 9.52 Å². The third kappa shape index (κ3) is 2.77. The second kappa shape index (κ2) is 6.45. The van der Waals surface area contributed by atoms with Gasteiger partial charge in [-0.25, -0.2) is 14.3 Å². The maximum Gasteiger partial charge on any atom is 0.357 e. The second-order valence-corrected chi connectivity index (χ2v) is 6.64. The number of hydrogen-bond donors (Lipinski definition) is 1. The Labute approximate surface area is 158 Å². The molecule has 140 valence electrons. The number of carbonyl (C=O) groups is 1. The van der Waals surface area contributed by atoms with Gasteiger partial charge in [0.25, 0.3) is 5.56 Å². The largest absolute Gasteiger partial charge is 0.476 e. The molecule has 0 aliphatic rings. The van der Waals surface area contributed by atoms with Gasteiger partial charge in [-0.2, -0.15) is 5.10 Å². The molecule has 0 fully saturated rings. The fraction of sp³-hybridized carbons (Fsp3) is 0.143. The zero-order valence-corrected chi connectivity index (χ0v) is 15.2. The van der Waals surface area contributed by atoms with E-state index in [9.17, 15) is 19.5 Å². The minimum Gasteiger partial charge on any atom is -0.476 e. The van der Waals surface area contributed by atoms with Crippen molar-refractivity contribution in [3.8, 4) is 0 Å². The summed E-state index contributed by atoms with van der Waals surface area (Å²) in [5, 5.41) is 14.8. The molecule has 0 spiro atoms. The molecule has 0 unspecified atom stereocenters. The van der Waals surface area contributed by atoms with Crippen LogP contribution < -0.4 is 11.2 Å². The second-order valence-electron chi connectivity index (χ2n) is 6.64. The molecule has 0 saturated carbocycles. The predicted molar refractivity (Wildman–Crippen MR) is 104 cm³/mol. The molecule has 0 saturated heterocycles. The molecule has 28 heavy (non-hydrogen) atoms. The van der Waals surface area contributed by atoms with Crippen molar-refractivity contribution in [3.63, 3.8) is 0 Å². The number of aromatic carboxylic acids is 1. The van der Waals surface area contributed by atoms with Gasteiger partial charge in [-0.15, -0.1) is 0 Å². The van der Waals surface area contributed by atoms with Crippen LogP contribution in [0.4, 0.5) is 0 Å². The van der Waals surface area contributed by atoms with E-state index in [1.165, 1.54) is 6.07 Å². The Kier molecular flexibility index (Phi) is 4.07. The first-order chi connectivity index (χ1) is 13.4. The number of carboxylic acid groups (broad SMARTS) is 1. The zero-order chi connectivity index (χ0) is 20.0. The van der Waals surface area contributed by atoms with E-state index in [0.29, 0.717) is 16.5 Å². The van der Waals surface area contributed by atoms with Gasteiger partial charge in [0.15, 0.2) is 5.69 Å². The predicted octanol–water partition coefficient (Wildman–Crippen LogP) is 2.87. The lowest BCUT2D eigenvalue weighted by atomic mass is 10.0. The molecular formula is C21H16N2O5. The lowest BCUT2D eigenvalue weighted by Crippen LogP contribution is -2.27. The quantitative estimate of drug-likeness (QED) is 0.552. The number of fused-ring (bicyclic) bond motifs is 2. The minimum absolute atomic E-state index is 0.0471. The van der Waals surface area contributed by atoms with Gasteiger partial charge in [-0.3, -0.25) is 4.79 Å². The zero-order valence-electron chi connectivity index (χ0n) is 15.2. The first kappa shape index (κ1) is 17.7. The van der Waals surface area contributed by atoms with Crippen LogP contribution in [-0.4, -0.2) is 20.9 Å². The number of aryl methyl sites for hydroxylation is 2. The SMILES string of the molecule is Cc1ccc2c(Cn3nc(C(=O)O)c4ccccc4c3=O)cc(=O)oc2c1C. The Morgan fingerprint density at radius 1 is 1.07 bits per heavy atom. The molecule has 2 heterocycles. The molecule has 2 aromatic heterocycles. The molecule has 7 nitrogen and oxygen atoms in total. The Morgan fingerprint density at radius 3 is 2.50 bits per heavy atom. The van der Waals surface area contributed by atoms with Crippen molar-refractivity contribution < 1.29 is 14.3 Å². The summed E-state index contributed by atoms with van der Waals surface area (Å²) in [5.74, 6) is -1.23. The minimum atomic E-state index is -1.23. The fourth-order valence-corrected chi connectivity index (χ4v) is 3.32. The third-order valence-corrected chi connectivity index (χ3v) is 4.91. The smallest absolute Gasteiger partial charge is 0.357 e. The van der Waals surface area contributed by atoms with Crippen LogP contribution in [0, 0.1) is 13.8 Å². The Balaban J connectivity index is 1.98. The van der Waals surface area contributed by atoms with E-state index in [2.05, 4.69) is 5.10 Å². The molecule has 7 heteroatoms. The summed E-state index contributed by atoms with van der Waals surface area (Å²) in [4.78, 5) is 36.6. The van der Waals surface area contributed by atoms with E-state index in [4.69, 9.17) is 4.42 Å². The summed E-state index contributed by atoms with van der Waals surface area (Å²) in [6, 6.07) is 11.5. The topological polar surface area (TPSA) is 102 Å². The fourth-order valence-electron chi connectivity index (χ4n) is 3.32. The van der Waals surface area contributed by atoms with Crippen LogP contribution in [0.25, 0.3) is 21.7 Å². The molecular weight excluding hydrogens is 360 g/mol. The lowest BCUT2D eigenvalue weighted by Gasteiger charge is -2.11. The summed E-state index contributed by atoms with van der Waals surface area (Å²) in [6.07, 6.45) is 0. The average Bonchev–Trinajstić information content (AvgIpc) is 2.67. The average molecular weight is 376 g/mol. The molecule has 0 bridgehead atoms. The van der Waals surface area contributed by atoms with Crippen molar-refractivity contribution in [2.24, 2.45) is 0 Å². The van der Waals surface area contributed by atoms with Crippen LogP contribution in [0.15, 0.2) is 56.5 Å². The standard InChI is InChI=1S/C21H16N2O5/c1-11-7-8-14-13(9-17(24)28-19(14)12(11)2)10-23-20(25)16-6-4-3-5-15(16)18(22-23)21(26)27/h3-9H,10H2,1-2H3,(H,26,27). The van der Waals surface area contributed by atoms with Crippen LogP contribution in [0.1, 0.15) is 27.2 Å². The van der Waals surface area contributed by atoms with Gasteiger partial charge in [0, 0.05) is 16.8 Å². The molecule has 4 rings (SSSR count). The summed E-state index contributed by atoms with van der Waals surface area (Å²) in [6.45, 7) is 3.72. The first-order valence-electron chi connectivity index (χ1n) is 8.63. The van der Waals surface area contributed by atoms with Gasteiger partial charge in [0.05, 0.1) is 11.9 Å². The van der Waals surface area contributed by atoms with E-state index in [1.807, 2.05) is 26.0 Å². The van der Waals surface area contributed by atoms with E-state index < -0.39 is 17.2 Å². The highest BCUT2D eigenvalue weighted by atomic mass is 16.4. The monoisotopic (exact) mass is 376 g/mol. The van der Waals surface area contributed by atoms with Crippen LogP contribution in [0.3, 0.4) is 0 Å². The Bertz CT molecular complexity index is 1380. The molecule has 1 N–H and O–H groups in total. The molecule has 0 amide bonds. The van der Waals surface area contributed by atoms with Crippen molar-refractivity contribution in [2.45, 2.75) is 20.4 Å². The Hall–Kier alpha value is -3.74. The van der Waals surface area contributed by atoms with Gasteiger partial charge in [0.2, 0.25) is 0 Å². The van der Waals surface area contributed by atoms with Crippen LogP contribution in [0.5, 0.6) is 0 Å². The maximum atomic E-state index is 12.9. The van der Waals surface area contributed by atoms with E-state index in [1.54, 1.807) is 24.3 Å². The lowest BCUT2D eigenvalue weighted by molar-refractivity contribution is 0.0690. The van der Waals surface area contributed by atoms with Crippen LogP contribution in [-0.2, 0) is 6.54 Å². The van der Waals surface area contributed by atoms with Gasteiger partial charge in [-0.1, -0.05) is 30.3 Å². The number of aromatic nitrogens is 2. The number of nitrogens with zero attached hydrogens (tertiary/aromatic N) is 2.